The molecular weight excluding hydrogens is 360 g/mol. The largest absolute Gasteiger partial charge is 0.358 e. The molecule has 1 N–H and O–H groups in total. The molecule has 1 atom stereocenters. The summed E-state index contributed by atoms with van der Waals surface area (Å²) in [5.41, 5.74) is 1.17. The lowest BCUT2D eigenvalue weighted by molar-refractivity contribution is 0.0700. The molecule has 1 fully saturated rings. The number of likely N-dealkylation sites (tertiary alicyclic amines) is 1. The maximum Gasteiger partial charge on any atom is 0.256 e. The van der Waals surface area contributed by atoms with Gasteiger partial charge in [0.25, 0.3) is 5.91 Å². The third-order valence-electron chi connectivity index (χ3n) is 5.02. The Hall–Kier alpha value is -2.83. The molecule has 27 heavy (non-hydrogen) atoms. The van der Waals surface area contributed by atoms with Crippen LogP contribution in [0.1, 0.15) is 34.8 Å². The summed E-state index contributed by atoms with van der Waals surface area (Å²) in [5, 5.41) is 0.736. The summed E-state index contributed by atoms with van der Waals surface area (Å²) in [6, 6.07) is 8.00. The Kier molecular flexibility index (Phi) is 4.37. The van der Waals surface area contributed by atoms with Crippen molar-refractivity contribution in [3.63, 3.8) is 0 Å². The number of benzene rings is 2. The van der Waals surface area contributed by atoms with E-state index in [-0.39, 0.29) is 11.7 Å². The van der Waals surface area contributed by atoms with Crippen LogP contribution in [0.4, 0.5) is 17.6 Å². The summed E-state index contributed by atoms with van der Waals surface area (Å²) >= 11 is 0. The van der Waals surface area contributed by atoms with Gasteiger partial charge in [-0.2, -0.15) is 0 Å². The van der Waals surface area contributed by atoms with Gasteiger partial charge in [0.1, 0.15) is 5.82 Å². The lowest BCUT2D eigenvalue weighted by Gasteiger charge is -2.32. The Balaban J connectivity index is 1.58. The van der Waals surface area contributed by atoms with Crippen LogP contribution in [-0.2, 0) is 0 Å². The van der Waals surface area contributed by atoms with Crippen molar-refractivity contribution in [2.45, 2.75) is 18.8 Å². The number of aromatic nitrogens is 1. The van der Waals surface area contributed by atoms with Crippen molar-refractivity contribution in [3.8, 4) is 0 Å². The van der Waals surface area contributed by atoms with Gasteiger partial charge in [0.2, 0.25) is 0 Å². The molecule has 1 aliphatic heterocycles. The standard InChI is InChI=1S/C20H16F4N2O/c21-13-3-6-16-12(8-13)9-17(25-16)11-2-1-7-26(10-11)20(27)14-4-5-15(22)19(24)18(14)23/h3-6,8-9,11,25H,1-2,7,10H2. The van der Waals surface area contributed by atoms with Crippen LogP contribution >= 0.6 is 0 Å². The zero-order chi connectivity index (χ0) is 19.1. The van der Waals surface area contributed by atoms with Gasteiger partial charge in [0, 0.05) is 35.6 Å². The van der Waals surface area contributed by atoms with E-state index in [1.165, 1.54) is 17.0 Å². The van der Waals surface area contributed by atoms with Crippen molar-refractivity contribution >= 4 is 16.8 Å². The number of hydrogen-bond acceptors (Lipinski definition) is 1. The van der Waals surface area contributed by atoms with E-state index in [0.717, 1.165) is 35.2 Å². The predicted octanol–water partition coefficient (Wildman–Crippen LogP) is 4.74. The van der Waals surface area contributed by atoms with Crippen molar-refractivity contribution in [2.24, 2.45) is 0 Å². The predicted molar refractivity (Wildman–Crippen MR) is 92.5 cm³/mol. The molecule has 0 saturated carbocycles. The number of halogens is 4. The zero-order valence-corrected chi connectivity index (χ0v) is 14.2. The van der Waals surface area contributed by atoms with Crippen LogP contribution in [0.25, 0.3) is 10.9 Å². The first-order valence-electron chi connectivity index (χ1n) is 8.65. The Morgan fingerprint density at radius 1 is 1.04 bits per heavy atom. The van der Waals surface area contributed by atoms with E-state index in [2.05, 4.69) is 4.98 Å². The fourth-order valence-corrected chi connectivity index (χ4v) is 3.62. The Morgan fingerprint density at radius 2 is 1.85 bits per heavy atom. The second-order valence-electron chi connectivity index (χ2n) is 6.77. The minimum absolute atomic E-state index is 0.0356. The highest BCUT2D eigenvalue weighted by Gasteiger charge is 2.29. The highest BCUT2D eigenvalue weighted by Crippen LogP contribution is 2.30. The van der Waals surface area contributed by atoms with Crippen LogP contribution in [-0.4, -0.2) is 28.9 Å². The summed E-state index contributed by atoms with van der Waals surface area (Å²) in [7, 11) is 0. The van der Waals surface area contributed by atoms with Gasteiger partial charge in [-0.05, 0) is 49.2 Å². The molecule has 140 valence electrons. The van der Waals surface area contributed by atoms with Crippen LogP contribution in [0.5, 0.6) is 0 Å². The highest BCUT2D eigenvalue weighted by atomic mass is 19.2. The Morgan fingerprint density at radius 3 is 2.67 bits per heavy atom. The molecule has 1 aliphatic rings. The molecule has 0 aliphatic carbocycles. The lowest BCUT2D eigenvalue weighted by atomic mass is 9.94. The van der Waals surface area contributed by atoms with Crippen LogP contribution in [0.2, 0.25) is 0 Å². The minimum Gasteiger partial charge on any atom is -0.358 e. The molecule has 3 aromatic rings. The second kappa shape index (κ2) is 6.72. The lowest BCUT2D eigenvalue weighted by Crippen LogP contribution is -2.39. The molecule has 0 spiro atoms. The quantitative estimate of drug-likeness (QED) is 0.509. The Bertz CT molecular complexity index is 1030. The van der Waals surface area contributed by atoms with Crippen LogP contribution in [0, 0.1) is 23.3 Å². The molecule has 1 amide bonds. The number of fused-ring (bicyclic) bond motifs is 1. The topological polar surface area (TPSA) is 36.1 Å². The van der Waals surface area contributed by atoms with Gasteiger partial charge in [-0.1, -0.05) is 0 Å². The van der Waals surface area contributed by atoms with Crippen LogP contribution < -0.4 is 0 Å². The third-order valence-corrected chi connectivity index (χ3v) is 5.02. The van der Waals surface area contributed by atoms with E-state index >= 15 is 0 Å². The number of rotatable bonds is 2. The molecule has 4 rings (SSSR count). The first-order chi connectivity index (χ1) is 12.9. The van der Waals surface area contributed by atoms with Gasteiger partial charge in [-0.25, -0.2) is 17.6 Å². The molecule has 1 aromatic heterocycles. The highest BCUT2D eigenvalue weighted by molar-refractivity contribution is 5.94. The van der Waals surface area contributed by atoms with Gasteiger partial charge in [-0.3, -0.25) is 4.79 Å². The fraction of sp³-hybridized carbons (Fsp3) is 0.250. The van der Waals surface area contributed by atoms with E-state index in [1.54, 1.807) is 6.07 Å². The number of carbonyl (C=O) groups is 1. The summed E-state index contributed by atoms with van der Waals surface area (Å²) in [5.74, 6) is -5.48. The Labute approximate surface area is 152 Å². The maximum absolute atomic E-state index is 14.0. The number of aromatic amines is 1. The number of nitrogens with zero attached hydrogens (tertiary/aromatic N) is 1. The van der Waals surface area contributed by atoms with Crippen molar-refractivity contribution in [1.82, 2.24) is 9.88 Å². The molecule has 0 radical (unpaired) electrons. The monoisotopic (exact) mass is 376 g/mol. The van der Waals surface area contributed by atoms with E-state index in [0.29, 0.717) is 19.5 Å². The molecule has 1 unspecified atom stereocenters. The second-order valence-corrected chi connectivity index (χ2v) is 6.77. The van der Waals surface area contributed by atoms with Crippen LogP contribution in [0.3, 0.4) is 0 Å². The summed E-state index contributed by atoms with van der Waals surface area (Å²) < 4.78 is 53.9. The molecule has 1 saturated heterocycles. The molecule has 7 heteroatoms. The SMILES string of the molecule is O=C(c1ccc(F)c(F)c1F)N1CCCC(c2cc3cc(F)ccc3[nH]2)C1. The summed E-state index contributed by atoms with van der Waals surface area (Å²) in [6.45, 7) is 0.717. The number of carbonyl (C=O) groups excluding carboxylic acids is 1. The van der Waals surface area contributed by atoms with Crippen molar-refractivity contribution in [2.75, 3.05) is 13.1 Å². The van der Waals surface area contributed by atoms with E-state index in [1.807, 2.05) is 6.07 Å². The van der Waals surface area contributed by atoms with Gasteiger partial charge >= 0.3 is 0 Å². The van der Waals surface area contributed by atoms with Crippen molar-refractivity contribution < 1.29 is 22.4 Å². The van der Waals surface area contributed by atoms with Crippen LogP contribution in [0.15, 0.2) is 36.4 Å². The third kappa shape index (κ3) is 3.18. The van der Waals surface area contributed by atoms with Crippen molar-refractivity contribution in [3.05, 3.63) is 70.9 Å². The molecule has 3 nitrogen and oxygen atoms in total. The van der Waals surface area contributed by atoms with Gasteiger partial charge in [0.15, 0.2) is 17.5 Å². The van der Waals surface area contributed by atoms with E-state index < -0.39 is 28.9 Å². The zero-order valence-electron chi connectivity index (χ0n) is 14.2. The van der Waals surface area contributed by atoms with Crippen molar-refractivity contribution in [1.29, 1.82) is 0 Å². The number of piperidine rings is 1. The van der Waals surface area contributed by atoms with E-state index in [4.69, 9.17) is 0 Å². The molecule has 0 bridgehead atoms. The van der Waals surface area contributed by atoms with Gasteiger partial charge in [-0.15, -0.1) is 0 Å². The summed E-state index contributed by atoms with van der Waals surface area (Å²) in [6.07, 6.45) is 1.49. The molecule has 2 aromatic carbocycles. The van der Waals surface area contributed by atoms with E-state index in [9.17, 15) is 22.4 Å². The molecular formula is C20H16F4N2O. The number of nitrogens with one attached hydrogen (secondary N) is 1. The number of amides is 1. The normalized spacial score (nSPS) is 17.5. The average Bonchev–Trinajstić information content (AvgIpc) is 3.09. The first kappa shape index (κ1) is 17.6. The van der Waals surface area contributed by atoms with Gasteiger partial charge < -0.3 is 9.88 Å². The number of hydrogen-bond donors (Lipinski definition) is 1. The smallest absolute Gasteiger partial charge is 0.256 e. The minimum atomic E-state index is -1.65. The number of H-pyrrole nitrogens is 1. The maximum atomic E-state index is 14.0. The fourth-order valence-electron chi connectivity index (χ4n) is 3.62. The first-order valence-corrected chi connectivity index (χ1v) is 8.65. The summed E-state index contributed by atoms with van der Waals surface area (Å²) in [4.78, 5) is 17.3. The van der Waals surface area contributed by atoms with Gasteiger partial charge in [0.05, 0.1) is 5.56 Å². The molecule has 2 heterocycles. The average molecular weight is 376 g/mol.